The van der Waals surface area contributed by atoms with Crippen LogP contribution in [0.4, 0.5) is 0 Å². The topological polar surface area (TPSA) is 52.6 Å². The third-order valence-corrected chi connectivity index (χ3v) is 5.17. The molecule has 4 aromatic carbocycles. The first-order valence-corrected chi connectivity index (χ1v) is 10.9. The van der Waals surface area contributed by atoms with Crippen LogP contribution >= 0.6 is 0 Å². The van der Waals surface area contributed by atoms with Gasteiger partial charge in [0.2, 0.25) is 6.29 Å². The van der Waals surface area contributed by atoms with Crippen molar-refractivity contribution in [2.75, 3.05) is 0 Å². The molecule has 0 unspecified atom stereocenters. The van der Waals surface area contributed by atoms with E-state index in [9.17, 15) is 9.59 Å². The molecule has 0 saturated carbocycles. The minimum Gasteiger partial charge on any atom is -0.455 e. The summed E-state index contributed by atoms with van der Waals surface area (Å²) in [5.74, 6) is 1.16. The second kappa shape index (κ2) is 10.4. The van der Waals surface area contributed by atoms with Crippen molar-refractivity contribution in [3.63, 3.8) is 0 Å². The maximum atomic E-state index is 12.6. The van der Waals surface area contributed by atoms with Crippen LogP contribution < -0.4 is 9.47 Å². The van der Waals surface area contributed by atoms with E-state index in [1.165, 1.54) is 0 Å². The van der Waals surface area contributed by atoms with Gasteiger partial charge < -0.3 is 9.47 Å². The number of hydrogen-bond acceptors (Lipinski definition) is 4. The van der Waals surface area contributed by atoms with Crippen molar-refractivity contribution >= 4 is 11.6 Å². The molecule has 0 bridgehead atoms. The maximum absolute atomic E-state index is 12.6. The number of carbonyl (C=O) groups excluding carboxylic acids is 2. The number of ketones is 2. The number of hydrogen-bond donors (Lipinski definition) is 0. The Morgan fingerprint density at radius 3 is 1.21 bits per heavy atom. The van der Waals surface area contributed by atoms with Crippen molar-refractivity contribution in [2.45, 2.75) is 19.6 Å². The fourth-order valence-electron chi connectivity index (χ4n) is 3.38. The second-order valence-corrected chi connectivity index (χ2v) is 7.51. The molecule has 4 heteroatoms. The van der Waals surface area contributed by atoms with Gasteiger partial charge in [0.15, 0.2) is 11.6 Å². The lowest BCUT2D eigenvalue weighted by molar-refractivity contribution is 0.00330. The van der Waals surface area contributed by atoms with Gasteiger partial charge in [0.25, 0.3) is 0 Å². The zero-order chi connectivity index (χ0) is 23.0. The van der Waals surface area contributed by atoms with E-state index in [0.717, 1.165) is 0 Å². The highest BCUT2D eigenvalue weighted by molar-refractivity contribution is 6.09. The van der Waals surface area contributed by atoms with Gasteiger partial charge >= 0.3 is 0 Å². The van der Waals surface area contributed by atoms with Gasteiger partial charge in [-0.1, -0.05) is 67.6 Å². The summed E-state index contributed by atoms with van der Waals surface area (Å²) in [5, 5.41) is 0. The van der Waals surface area contributed by atoms with E-state index in [1.807, 2.05) is 43.3 Å². The van der Waals surface area contributed by atoms with Gasteiger partial charge in [-0.25, -0.2) is 0 Å². The van der Waals surface area contributed by atoms with Crippen LogP contribution in [0, 0.1) is 0 Å². The molecule has 0 fully saturated rings. The highest BCUT2D eigenvalue weighted by atomic mass is 16.7. The van der Waals surface area contributed by atoms with Crippen LogP contribution in [0.2, 0.25) is 0 Å². The van der Waals surface area contributed by atoms with E-state index in [0.29, 0.717) is 40.2 Å². The van der Waals surface area contributed by atoms with Crippen LogP contribution in [0.15, 0.2) is 109 Å². The van der Waals surface area contributed by atoms with Crippen LogP contribution in [0.3, 0.4) is 0 Å². The number of rotatable bonds is 9. The van der Waals surface area contributed by atoms with Crippen LogP contribution in [-0.4, -0.2) is 17.9 Å². The molecule has 0 amide bonds. The lowest BCUT2D eigenvalue weighted by atomic mass is 10.0. The van der Waals surface area contributed by atoms with E-state index in [2.05, 4.69) is 0 Å². The Balaban J connectivity index is 1.38. The van der Waals surface area contributed by atoms with Gasteiger partial charge in [-0.15, -0.1) is 0 Å². The number of carbonyl (C=O) groups is 2. The first-order valence-electron chi connectivity index (χ1n) is 10.9. The zero-order valence-electron chi connectivity index (χ0n) is 18.3. The molecule has 33 heavy (non-hydrogen) atoms. The van der Waals surface area contributed by atoms with Crippen LogP contribution in [-0.2, 0) is 0 Å². The summed E-state index contributed by atoms with van der Waals surface area (Å²) in [6, 6.07) is 32.4. The molecule has 0 heterocycles. The lowest BCUT2D eigenvalue weighted by Gasteiger charge is -2.19. The third kappa shape index (κ3) is 5.55. The van der Waals surface area contributed by atoms with Crippen molar-refractivity contribution in [2.24, 2.45) is 0 Å². The molecule has 4 rings (SSSR count). The molecule has 0 spiro atoms. The first-order chi connectivity index (χ1) is 16.1. The normalized spacial score (nSPS) is 10.6. The van der Waals surface area contributed by atoms with Crippen LogP contribution in [0.1, 0.15) is 45.2 Å². The summed E-state index contributed by atoms with van der Waals surface area (Å²) in [4.78, 5) is 25.1. The Hall–Kier alpha value is -4.18. The van der Waals surface area contributed by atoms with Gasteiger partial charge in [-0.3, -0.25) is 9.59 Å². The average molecular weight is 437 g/mol. The number of benzene rings is 4. The lowest BCUT2D eigenvalue weighted by Crippen LogP contribution is -2.23. The van der Waals surface area contributed by atoms with Gasteiger partial charge in [-0.05, 0) is 48.5 Å². The summed E-state index contributed by atoms with van der Waals surface area (Å²) in [6.07, 6.45) is 0.117. The highest BCUT2D eigenvalue weighted by Gasteiger charge is 2.13. The van der Waals surface area contributed by atoms with Crippen LogP contribution in [0.25, 0.3) is 0 Å². The van der Waals surface area contributed by atoms with E-state index in [1.54, 1.807) is 72.8 Å². The Morgan fingerprint density at radius 1 is 0.545 bits per heavy atom. The summed E-state index contributed by atoms with van der Waals surface area (Å²) in [7, 11) is 0. The number of ether oxygens (including phenoxy) is 2. The van der Waals surface area contributed by atoms with Gasteiger partial charge in [0.1, 0.15) is 11.5 Å². The summed E-state index contributed by atoms with van der Waals surface area (Å²) < 4.78 is 11.9. The summed E-state index contributed by atoms with van der Waals surface area (Å²) in [6.45, 7) is 1.96. The van der Waals surface area contributed by atoms with Crippen molar-refractivity contribution in [3.8, 4) is 11.5 Å². The molecular formula is C29H24O4. The molecule has 164 valence electrons. The molecule has 4 aromatic rings. The predicted molar refractivity (Wildman–Crippen MR) is 128 cm³/mol. The van der Waals surface area contributed by atoms with E-state index >= 15 is 0 Å². The van der Waals surface area contributed by atoms with Crippen molar-refractivity contribution in [1.29, 1.82) is 0 Å². The minimum absolute atomic E-state index is 0.0319. The molecule has 0 aromatic heterocycles. The van der Waals surface area contributed by atoms with E-state index < -0.39 is 6.29 Å². The van der Waals surface area contributed by atoms with Crippen molar-refractivity contribution in [3.05, 3.63) is 131 Å². The largest absolute Gasteiger partial charge is 0.455 e. The smallest absolute Gasteiger partial charge is 0.240 e. The molecular weight excluding hydrogens is 412 g/mol. The standard InChI is InChI=1S/C29H24O4/c1-2-27(32-25-17-13-23(14-18-25)28(30)21-9-5-3-6-10-21)33-26-19-15-24(16-20-26)29(31)22-11-7-4-8-12-22/h3-20,27H,2H2,1H3. The Kier molecular flexibility index (Phi) is 6.96. The molecule has 0 aliphatic heterocycles. The van der Waals surface area contributed by atoms with Gasteiger partial charge in [0.05, 0.1) is 0 Å². The first kappa shape index (κ1) is 22.0. The molecule has 0 N–H and O–H groups in total. The Labute approximate surface area is 193 Å². The van der Waals surface area contributed by atoms with Gasteiger partial charge in [0, 0.05) is 28.7 Å². The Bertz CT molecular complexity index is 1100. The zero-order valence-corrected chi connectivity index (χ0v) is 18.3. The summed E-state index contributed by atoms with van der Waals surface area (Å²) in [5.41, 5.74) is 2.49. The molecule has 0 radical (unpaired) electrons. The Morgan fingerprint density at radius 2 is 0.879 bits per heavy atom. The van der Waals surface area contributed by atoms with Crippen molar-refractivity contribution in [1.82, 2.24) is 0 Å². The average Bonchev–Trinajstić information content (AvgIpc) is 2.89. The molecule has 4 nitrogen and oxygen atoms in total. The summed E-state index contributed by atoms with van der Waals surface area (Å²) >= 11 is 0. The van der Waals surface area contributed by atoms with Crippen molar-refractivity contribution < 1.29 is 19.1 Å². The molecule has 0 atom stereocenters. The SMILES string of the molecule is CCC(Oc1ccc(C(=O)c2ccccc2)cc1)Oc1ccc(C(=O)c2ccccc2)cc1. The quantitative estimate of drug-likeness (QED) is 0.227. The molecule has 0 aliphatic carbocycles. The third-order valence-electron chi connectivity index (χ3n) is 5.17. The monoisotopic (exact) mass is 436 g/mol. The molecule has 0 aliphatic rings. The van der Waals surface area contributed by atoms with Crippen LogP contribution in [0.5, 0.6) is 11.5 Å². The van der Waals surface area contributed by atoms with E-state index in [4.69, 9.17) is 9.47 Å². The van der Waals surface area contributed by atoms with E-state index in [-0.39, 0.29) is 11.6 Å². The fraction of sp³-hybridized carbons (Fsp3) is 0.103. The highest BCUT2D eigenvalue weighted by Crippen LogP contribution is 2.21. The predicted octanol–water partition coefficient (Wildman–Crippen LogP) is 6.34. The molecule has 0 saturated heterocycles. The van der Waals surface area contributed by atoms with Gasteiger partial charge in [-0.2, -0.15) is 0 Å². The second-order valence-electron chi connectivity index (χ2n) is 7.51. The maximum Gasteiger partial charge on any atom is 0.240 e. The minimum atomic E-state index is -0.503. The fourth-order valence-corrected chi connectivity index (χ4v) is 3.38.